The van der Waals surface area contributed by atoms with Gasteiger partial charge in [-0.2, -0.15) is 0 Å². The van der Waals surface area contributed by atoms with Crippen LogP contribution in [0.4, 0.5) is 4.79 Å². The second kappa shape index (κ2) is 3.36. The van der Waals surface area contributed by atoms with E-state index in [0.29, 0.717) is 0 Å². The average Bonchev–Trinajstić information content (AvgIpc) is 2.61. The Morgan fingerprint density at radius 2 is 2.29 bits per heavy atom. The molecule has 0 aromatic rings. The standard InChI is InChI=1S/C12H20N2O3/c1-11(2,3)17-10(15)14-8-4-5-12(14)7-13-9(6-8)16-12/h8-9,13H,4-7H2,1-3H3. The van der Waals surface area contributed by atoms with Crippen molar-refractivity contribution in [2.45, 2.75) is 63.6 Å². The summed E-state index contributed by atoms with van der Waals surface area (Å²) in [6, 6.07) is 0.276. The molecule has 0 saturated carbocycles. The maximum Gasteiger partial charge on any atom is 0.412 e. The van der Waals surface area contributed by atoms with Gasteiger partial charge in [0.1, 0.15) is 11.8 Å². The van der Waals surface area contributed by atoms with Gasteiger partial charge in [0.15, 0.2) is 5.72 Å². The van der Waals surface area contributed by atoms with E-state index in [1.165, 1.54) is 0 Å². The molecular weight excluding hydrogens is 220 g/mol. The molecule has 3 rings (SSSR count). The Hall–Kier alpha value is -0.810. The second-order valence-electron chi connectivity index (χ2n) is 6.21. The SMILES string of the molecule is CC(C)(C)OC(=O)N1C2CCC13CNC(C2)O3. The van der Waals surface area contributed by atoms with E-state index in [0.717, 1.165) is 25.8 Å². The summed E-state index contributed by atoms with van der Waals surface area (Å²) < 4.78 is 11.4. The Balaban J connectivity index is 1.82. The lowest BCUT2D eigenvalue weighted by Gasteiger charge is -2.41. The summed E-state index contributed by atoms with van der Waals surface area (Å²) in [6.07, 6.45) is 2.71. The lowest BCUT2D eigenvalue weighted by atomic mass is 10.1. The van der Waals surface area contributed by atoms with E-state index in [2.05, 4.69) is 5.32 Å². The molecule has 0 aromatic carbocycles. The highest BCUT2D eigenvalue weighted by molar-refractivity contribution is 5.70. The molecule has 0 aromatic heterocycles. The zero-order valence-corrected chi connectivity index (χ0v) is 10.7. The first-order valence-corrected chi connectivity index (χ1v) is 6.33. The van der Waals surface area contributed by atoms with Gasteiger partial charge in [0.25, 0.3) is 0 Å². The Labute approximate surface area is 101 Å². The van der Waals surface area contributed by atoms with Crippen molar-refractivity contribution in [2.24, 2.45) is 0 Å². The van der Waals surface area contributed by atoms with E-state index in [-0.39, 0.29) is 18.4 Å². The highest BCUT2D eigenvalue weighted by Gasteiger charge is 2.59. The number of hydrogen-bond acceptors (Lipinski definition) is 4. The Morgan fingerprint density at radius 1 is 1.53 bits per heavy atom. The fourth-order valence-electron chi connectivity index (χ4n) is 3.11. The quantitative estimate of drug-likeness (QED) is 0.696. The zero-order valence-electron chi connectivity index (χ0n) is 10.7. The Morgan fingerprint density at radius 3 is 3.00 bits per heavy atom. The first-order valence-electron chi connectivity index (χ1n) is 6.33. The number of carbonyl (C=O) groups is 1. The van der Waals surface area contributed by atoms with Crippen molar-refractivity contribution in [2.75, 3.05) is 6.54 Å². The molecule has 1 spiro atoms. The fourth-order valence-corrected chi connectivity index (χ4v) is 3.11. The molecule has 3 atom stereocenters. The van der Waals surface area contributed by atoms with Crippen LogP contribution in [0.5, 0.6) is 0 Å². The largest absolute Gasteiger partial charge is 0.444 e. The Kier molecular flexibility index (Phi) is 2.23. The summed E-state index contributed by atoms with van der Waals surface area (Å²) >= 11 is 0. The van der Waals surface area contributed by atoms with Crippen LogP contribution in [0.2, 0.25) is 0 Å². The van der Waals surface area contributed by atoms with Crippen LogP contribution >= 0.6 is 0 Å². The molecule has 96 valence electrons. The molecule has 3 unspecified atom stereocenters. The maximum atomic E-state index is 12.3. The summed E-state index contributed by atoms with van der Waals surface area (Å²) in [6.45, 7) is 6.41. The number of nitrogens with zero attached hydrogens (tertiary/aromatic N) is 1. The number of ether oxygens (including phenoxy) is 2. The van der Waals surface area contributed by atoms with E-state index < -0.39 is 11.3 Å². The van der Waals surface area contributed by atoms with Crippen LogP contribution in [0.3, 0.4) is 0 Å². The summed E-state index contributed by atoms with van der Waals surface area (Å²) in [7, 11) is 0. The van der Waals surface area contributed by atoms with Crippen molar-refractivity contribution in [3.05, 3.63) is 0 Å². The molecule has 0 aliphatic carbocycles. The van der Waals surface area contributed by atoms with Crippen LogP contribution in [0.1, 0.15) is 40.0 Å². The van der Waals surface area contributed by atoms with Gasteiger partial charge in [-0.1, -0.05) is 0 Å². The summed E-state index contributed by atoms with van der Waals surface area (Å²) in [5.41, 5.74) is -0.883. The predicted molar refractivity (Wildman–Crippen MR) is 61.3 cm³/mol. The smallest absolute Gasteiger partial charge is 0.412 e. The monoisotopic (exact) mass is 240 g/mol. The van der Waals surface area contributed by atoms with Gasteiger partial charge >= 0.3 is 6.09 Å². The highest BCUT2D eigenvalue weighted by atomic mass is 16.6. The molecule has 3 bridgehead atoms. The van der Waals surface area contributed by atoms with E-state index in [9.17, 15) is 4.79 Å². The minimum absolute atomic E-state index is 0.126. The van der Waals surface area contributed by atoms with Gasteiger partial charge in [-0.05, 0) is 33.6 Å². The summed E-state index contributed by atoms with van der Waals surface area (Å²) in [5.74, 6) is 0. The molecule has 3 saturated heterocycles. The van der Waals surface area contributed by atoms with Crippen molar-refractivity contribution < 1.29 is 14.3 Å². The average molecular weight is 240 g/mol. The molecule has 5 nitrogen and oxygen atoms in total. The minimum atomic E-state index is -0.448. The van der Waals surface area contributed by atoms with Gasteiger partial charge in [-0.25, -0.2) is 4.79 Å². The molecule has 3 heterocycles. The van der Waals surface area contributed by atoms with Gasteiger partial charge < -0.3 is 9.47 Å². The number of rotatable bonds is 0. The lowest BCUT2D eigenvalue weighted by molar-refractivity contribution is -0.157. The van der Waals surface area contributed by atoms with Crippen molar-refractivity contribution in [3.63, 3.8) is 0 Å². The molecule has 3 fully saturated rings. The number of nitrogens with one attached hydrogen (secondary N) is 1. The van der Waals surface area contributed by atoms with Gasteiger partial charge in [0.05, 0.1) is 0 Å². The van der Waals surface area contributed by atoms with Crippen LogP contribution in [0.15, 0.2) is 0 Å². The van der Waals surface area contributed by atoms with Crippen molar-refractivity contribution in [1.82, 2.24) is 10.2 Å². The van der Waals surface area contributed by atoms with Crippen LogP contribution < -0.4 is 5.32 Å². The molecule has 3 aliphatic rings. The van der Waals surface area contributed by atoms with Crippen LogP contribution in [0.25, 0.3) is 0 Å². The van der Waals surface area contributed by atoms with E-state index in [4.69, 9.17) is 9.47 Å². The lowest BCUT2D eigenvalue weighted by Crippen LogP contribution is -2.56. The Bertz CT molecular complexity index is 348. The van der Waals surface area contributed by atoms with Gasteiger partial charge in [-0.3, -0.25) is 10.2 Å². The fraction of sp³-hybridized carbons (Fsp3) is 0.917. The number of amides is 1. The van der Waals surface area contributed by atoms with Crippen LogP contribution in [-0.2, 0) is 9.47 Å². The van der Waals surface area contributed by atoms with Gasteiger partial charge in [0.2, 0.25) is 0 Å². The molecule has 1 amide bonds. The third kappa shape index (κ3) is 1.72. The van der Waals surface area contributed by atoms with Crippen molar-refractivity contribution >= 4 is 6.09 Å². The molecule has 5 heteroatoms. The second-order valence-corrected chi connectivity index (χ2v) is 6.21. The van der Waals surface area contributed by atoms with Crippen LogP contribution in [-0.4, -0.2) is 41.1 Å². The minimum Gasteiger partial charge on any atom is -0.444 e. The third-order valence-electron chi connectivity index (χ3n) is 3.72. The molecule has 1 N–H and O–H groups in total. The molecule has 0 radical (unpaired) electrons. The highest BCUT2D eigenvalue weighted by Crippen LogP contribution is 2.45. The molecular formula is C12H20N2O3. The van der Waals surface area contributed by atoms with Crippen molar-refractivity contribution in [3.8, 4) is 0 Å². The number of hydrogen-bond donors (Lipinski definition) is 1. The zero-order chi connectivity index (χ0) is 12.3. The van der Waals surface area contributed by atoms with E-state index in [1.807, 2.05) is 25.7 Å². The normalized spacial score (nSPS) is 39.6. The van der Waals surface area contributed by atoms with Crippen LogP contribution in [0, 0.1) is 0 Å². The predicted octanol–water partition coefficient (Wildman–Crippen LogP) is 1.43. The third-order valence-corrected chi connectivity index (χ3v) is 3.72. The summed E-state index contributed by atoms with van der Waals surface area (Å²) in [4.78, 5) is 14.1. The molecule has 3 aliphatic heterocycles. The summed E-state index contributed by atoms with van der Waals surface area (Å²) in [5, 5.41) is 3.32. The topological polar surface area (TPSA) is 50.8 Å². The van der Waals surface area contributed by atoms with E-state index >= 15 is 0 Å². The first kappa shape index (κ1) is 11.3. The first-order chi connectivity index (χ1) is 7.90. The number of carbonyl (C=O) groups excluding carboxylic acids is 1. The number of fused-ring (bicyclic) bond motifs is 2. The van der Waals surface area contributed by atoms with Gasteiger partial charge in [0, 0.05) is 19.0 Å². The molecule has 17 heavy (non-hydrogen) atoms. The maximum absolute atomic E-state index is 12.3. The van der Waals surface area contributed by atoms with Gasteiger partial charge in [-0.15, -0.1) is 0 Å². The van der Waals surface area contributed by atoms with E-state index in [1.54, 1.807) is 0 Å². The van der Waals surface area contributed by atoms with Crippen molar-refractivity contribution in [1.29, 1.82) is 0 Å².